The largest absolute Gasteiger partial charge is 0.313 e. The minimum absolute atomic E-state index is 0.0143. The van der Waals surface area contributed by atoms with Crippen molar-refractivity contribution in [3.05, 3.63) is 42.0 Å². The Kier molecular flexibility index (Phi) is 4.20. The predicted molar refractivity (Wildman–Crippen MR) is 76.1 cm³/mol. The van der Waals surface area contributed by atoms with E-state index in [1.807, 2.05) is 20.2 Å². The second-order valence-corrected chi connectivity index (χ2v) is 6.71. The molecule has 0 aliphatic carbocycles. The Morgan fingerprint density at radius 1 is 1.40 bits per heavy atom. The summed E-state index contributed by atoms with van der Waals surface area (Å²) in [5.74, 6) is 0.842. The zero-order valence-electron chi connectivity index (χ0n) is 11.7. The Balaban J connectivity index is 2.31. The van der Waals surface area contributed by atoms with Crippen LogP contribution in [0.4, 0.5) is 0 Å². The van der Waals surface area contributed by atoms with Gasteiger partial charge in [0.15, 0.2) is 9.84 Å². The Hall–Kier alpha value is -1.73. The lowest BCUT2D eigenvalue weighted by molar-refractivity contribution is 0.552. The van der Waals surface area contributed by atoms with Crippen LogP contribution >= 0.6 is 0 Å². The monoisotopic (exact) mass is 294 g/mol. The Morgan fingerprint density at radius 2 is 2.15 bits per heavy atom. The first-order valence-electron chi connectivity index (χ1n) is 6.22. The molecule has 0 saturated carbocycles. The molecule has 7 heteroatoms. The number of likely N-dealkylation sites (N-methyl/N-ethyl adjacent to an activating group) is 1. The molecular weight excluding hydrogens is 276 g/mol. The number of aryl methyl sites for hydroxylation is 1. The van der Waals surface area contributed by atoms with E-state index >= 15 is 0 Å². The van der Waals surface area contributed by atoms with Gasteiger partial charge in [0.2, 0.25) is 0 Å². The molecule has 1 N–H and O–H groups in total. The molecule has 0 radical (unpaired) electrons. The summed E-state index contributed by atoms with van der Waals surface area (Å²) >= 11 is 0. The van der Waals surface area contributed by atoms with Crippen LogP contribution < -0.4 is 5.32 Å². The molecule has 1 aromatic carbocycles. The number of nitrogens with one attached hydrogen (secondary N) is 1. The molecule has 2 aromatic rings. The number of hydrogen-bond acceptors (Lipinski definition) is 5. The summed E-state index contributed by atoms with van der Waals surface area (Å²) in [4.78, 5) is 4.52. The van der Waals surface area contributed by atoms with Gasteiger partial charge in [-0.05, 0) is 24.7 Å². The third-order valence-electron chi connectivity index (χ3n) is 3.23. The second kappa shape index (κ2) is 5.72. The Bertz CT molecular complexity index is 694. The zero-order valence-corrected chi connectivity index (χ0v) is 12.6. The molecule has 0 aliphatic rings. The number of nitrogens with zero attached hydrogens (tertiary/aromatic N) is 3. The average molecular weight is 294 g/mol. The maximum absolute atomic E-state index is 11.6. The van der Waals surface area contributed by atoms with E-state index < -0.39 is 9.84 Å². The molecule has 1 aromatic heterocycles. The van der Waals surface area contributed by atoms with Crippen molar-refractivity contribution in [2.75, 3.05) is 13.3 Å². The maximum Gasteiger partial charge on any atom is 0.175 e. The van der Waals surface area contributed by atoms with E-state index in [0.29, 0.717) is 11.3 Å². The Labute approximate surface area is 118 Å². The van der Waals surface area contributed by atoms with Crippen molar-refractivity contribution in [2.24, 2.45) is 7.05 Å². The summed E-state index contributed by atoms with van der Waals surface area (Å²) in [7, 11) is 0.479. The van der Waals surface area contributed by atoms with Crippen LogP contribution in [0.2, 0.25) is 0 Å². The Morgan fingerprint density at radius 3 is 2.70 bits per heavy atom. The van der Waals surface area contributed by atoms with Gasteiger partial charge in [0.1, 0.15) is 12.2 Å². The normalized spacial score (nSPS) is 13.3. The fourth-order valence-electron chi connectivity index (χ4n) is 2.04. The van der Waals surface area contributed by atoms with Crippen molar-refractivity contribution in [1.29, 1.82) is 0 Å². The van der Waals surface area contributed by atoms with Gasteiger partial charge in [-0.25, -0.2) is 13.4 Å². The quantitative estimate of drug-likeness (QED) is 0.879. The van der Waals surface area contributed by atoms with Crippen molar-refractivity contribution in [3.8, 4) is 0 Å². The predicted octanol–water partition coefficient (Wildman–Crippen LogP) is 0.722. The first kappa shape index (κ1) is 14.7. The highest BCUT2D eigenvalue weighted by atomic mass is 32.2. The molecule has 2 rings (SSSR count). The fraction of sp³-hybridized carbons (Fsp3) is 0.385. The summed E-state index contributed by atoms with van der Waals surface area (Å²) in [5.41, 5.74) is 0.915. The highest BCUT2D eigenvalue weighted by Gasteiger charge is 2.15. The molecule has 0 spiro atoms. The molecular formula is C13H18N4O2S. The molecule has 0 amide bonds. The van der Waals surface area contributed by atoms with Crippen LogP contribution in [0.5, 0.6) is 0 Å². The van der Waals surface area contributed by atoms with E-state index in [4.69, 9.17) is 0 Å². The number of aromatic nitrogens is 3. The van der Waals surface area contributed by atoms with Gasteiger partial charge in [-0.3, -0.25) is 4.68 Å². The van der Waals surface area contributed by atoms with Gasteiger partial charge in [0, 0.05) is 25.8 Å². The summed E-state index contributed by atoms with van der Waals surface area (Å²) in [5, 5.41) is 7.22. The van der Waals surface area contributed by atoms with Gasteiger partial charge in [0.25, 0.3) is 0 Å². The first-order valence-corrected chi connectivity index (χ1v) is 8.11. The van der Waals surface area contributed by atoms with Crippen LogP contribution in [0, 0.1) is 0 Å². The molecule has 108 valence electrons. The van der Waals surface area contributed by atoms with Gasteiger partial charge in [-0.15, -0.1) is 0 Å². The second-order valence-electron chi connectivity index (χ2n) is 4.69. The summed E-state index contributed by atoms with van der Waals surface area (Å²) in [6, 6.07) is 6.96. The van der Waals surface area contributed by atoms with Crippen molar-refractivity contribution in [3.63, 3.8) is 0 Å². The highest BCUT2D eigenvalue weighted by Crippen LogP contribution is 2.20. The number of rotatable bonds is 5. The molecule has 0 fully saturated rings. The smallest absolute Gasteiger partial charge is 0.175 e. The molecule has 6 nitrogen and oxygen atoms in total. The van der Waals surface area contributed by atoms with Gasteiger partial charge >= 0.3 is 0 Å². The maximum atomic E-state index is 11.6. The van der Waals surface area contributed by atoms with Crippen molar-refractivity contribution >= 4 is 9.84 Å². The third kappa shape index (κ3) is 3.23. The lowest BCUT2D eigenvalue weighted by Crippen LogP contribution is -2.21. The number of hydrogen-bond donors (Lipinski definition) is 1. The average Bonchev–Trinajstić information content (AvgIpc) is 2.80. The van der Waals surface area contributed by atoms with Gasteiger partial charge in [0.05, 0.1) is 4.90 Å². The van der Waals surface area contributed by atoms with Crippen LogP contribution in [0.1, 0.15) is 17.4 Å². The lowest BCUT2D eigenvalue weighted by Gasteiger charge is -2.16. The molecule has 1 heterocycles. The van der Waals surface area contributed by atoms with Crippen LogP contribution in [0.3, 0.4) is 0 Å². The van der Waals surface area contributed by atoms with E-state index in [1.54, 1.807) is 22.9 Å². The van der Waals surface area contributed by atoms with Gasteiger partial charge in [-0.1, -0.05) is 12.1 Å². The highest BCUT2D eigenvalue weighted by molar-refractivity contribution is 7.90. The molecule has 20 heavy (non-hydrogen) atoms. The van der Waals surface area contributed by atoms with Gasteiger partial charge in [-0.2, -0.15) is 5.10 Å². The standard InChI is InChI=1S/C13H18N4O2S/c1-14-12(8-13-15-9-16-17(13)2)10-5-4-6-11(7-10)20(3,18)19/h4-7,9,12,14H,8H2,1-3H3. The number of benzene rings is 1. The van der Waals surface area contributed by atoms with E-state index in [2.05, 4.69) is 15.4 Å². The zero-order chi connectivity index (χ0) is 14.8. The van der Waals surface area contributed by atoms with Gasteiger partial charge < -0.3 is 5.32 Å². The van der Waals surface area contributed by atoms with Crippen LogP contribution in [0.15, 0.2) is 35.5 Å². The van der Waals surface area contributed by atoms with E-state index in [-0.39, 0.29) is 6.04 Å². The molecule has 0 bridgehead atoms. The lowest BCUT2D eigenvalue weighted by atomic mass is 10.0. The van der Waals surface area contributed by atoms with Crippen molar-refractivity contribution in [1.82, 2.24) is 20.1 Å². The SMILES string of the molecule is CNC(Cc1ncnn1C)c1cccc(S(C)(=O)=O)c1. The topological polar surface area (TPSA) is 76.9 Å². The summed E-state index contributed by atoms with van der Waals surface area (Å²) < 4.78 is 25.0. The minimum atomic E-state index is -3.20. The molecule has 1 unspecified atom stereocenters. The van der Waals surface area contributed by atoms with E-state index in [0.717, 1.165) is 11.4 Å². The van der Waals surface area contributed by atoms with Crippen LogP contribution in [-0.4, -0.2) is 36.5 Å². The first-order chi connectivity index (χ1) is 9.41. The van der Waals surface area contributed by atoms with E-state index in [1.165, 1.54) is 12.6 Å². The third-order valence-corrected chi connectivity index (χ3v) is 4.34. The fourth-order valence-corrected chi connectivity index (χ4v) is 2.71. The summed E-state index contributed by atoms with van der Waals surface area (Å²) in [6.45, 7) is 0. The molecule has 0 saturated heterocycles. The molecule has 1 atom stereocenters. The number of sulfone groups is 1. The molecule has 0 aliphatic heterocycles. The minimum Gasteiger partial charge on any atom is -0.313 e. The van der Waals surface area contributed by atoms with Crippen molar-refractivity contribution < 1.29 is 8.42 Å². The van der Waals surface area contributed by atoms with Crippen LogP contribution in [0.25, 0.3) is 0 Å². The van der Waals surface area contributed by atoms with Crippen LogP contribution in [-0.2, 0) is 23.3 Å². The van der Waals surface area contributed by atoms with E-state index in [9.17, 15) is 8.42 Å². The summed E-state index contributed by atoms with van der Waals surface area (Å²) in [6.07, 6.45) is 3.36. The van der Waals surface area contributed by atoms with Crippen molar-refractivity contribution in [2.45, 2.75) is 17.4 Å².